The molecule has 0 amide bonds. The molecule has 2 aromatic heterocycles. The zero-order chi connectivity index (χ0) is 35.6. The average molecular weight is 687 g/mol. The van der Waals surface area contributed by atoms with Gasteiger partial charge in [0.2, 0.25) is 0 Å². The number of hydrogen-bond acceptors (Lipinski definition) is 0. The Morgan fingerprint density at radius 1 is 0.241 bits per heavy atom. The van der Waals surface area contributed by atoms with E-state index < -0.39 is 0 Å². The number of rotatable bonds is 5. The molecule has 9 aromatic carbocycles. The molecule has 2 heterocycles. The average Bonchev–Trinajstić information content (AvgIpc) is 3.76. The van der Waals surface area contributed by atoms with Crippen molar-refractivity contribution in [2.45, 2.75) is 0 Å². The van der Waals surface area contributed by atoms with Crippen molar-refractivity contribution in [2.75, 3.05) is 0 Å². The first-order chi connectivity index (χ1) is 26.8. The van der Waals surface area contributed by atoms with Crippen LogP contribution in [0, 0.1) is 0 Å². The molecule has 0 bridgehead atoms. The Morgan fingerprint density at radius 3 is 1.33 bits per heavy atom. The number of fused-ring (bicyclic) bond motifs is 8. The van der Waals surface area contributed by atoms with Gasteiger partial charge in [-0.25, -0.2) is 0 Å². The van der Waals surface area contributed by atoms with Gasteiger partial charge in [0.25, 0.3) is 0 Å². The molecule has 0 spiro atoms. The standard InChI is InChI=1S/C52H34N2/c1-4-14-35(15-5-1)39-30-40(36-16-6-2-7-17-36)32-41(31-39)37-24-27-43(28-25-37)53-49-22-12-11-21-45(49)48-34-47-38(33-51(48)53)26-29-46-44-20-10-13-23-50(44)54(52(46)47)42-18-8-3-9-19-42/h1-34H. The Labute approximate surface area is 313 Å². The largest absolute Gasteiger partial charge is 0.309 e. The molecule has 2 nitrogen and oxygen atoms in total. The second-order valence-electron chi connectivity index (χ2n) is 14.2. The van der Waals surface area contributed by atoms with Crippen molar-refractivity contribution in [3.05, 3.63) is 206 Å². The van der Waals surface area contributed by atoms with Crippen LogP contribution in [0.2, 0.25) is 0 Å². The molecule has 252 valence electrons. The van der Waals surface area contributed by atoms with Crippen molar-refractivity contribution in [2.24, 2.45) is 0 Å². The van der Waals surface area contributed by atoms with Crippen molar-refractivity contribution in [3.8, 4) is 44.8 Å². The molecule has 54 heavy (non-hydrogen) atoms. The van der Waals surface area contributed by atoms with Gasteiger partial charge in [0.1, 0.15) is 0 Å². The molecule has 0 aliphatic carbocycles. The van der Waals surface area contributed by atoms with Crippen molar-refractivity contribution in [3.63, 3.8) is 0 Å². The number of nitrogens with zero attached hydrogens (tertiary/aromatic N) is 2. The first-order valence-electron chi connectivity index (χ1n) is 18.6. The van der Waals surface area contributed by atoms with Crippen LogP contribution in [-0.2, 0) is 0 Å². The maximum Gasteiger partial charge on any atom is 0.0619 e. The molecule has 0 fully saturated rings. The summed E-state index contributed by atoms with van der Waals surface area (Å²) in [6, 6.07) is 75.2. The molecule has 11 rings (SSSR count). The van der Waals surface area contributed by atoms with Crippen LogP contribution < -0.4 is 0 Å². The molecular weight excluding hydrogens is 653 g/mol. The second kappa shape index (κ2) is 12.2. The predicted octanol–water partition coefficient (Wildman–Crippen LogP) is 14.0. The zero-order valence-electron chi connectivity index (χ0n) is 29.5. The maximum atomic E-state index is 2.44. The summed E-state index contributed by atoms with van der Waals surface area (Å²) in [7, 11) is 0. The van der Waals surface area contributed by atoms with Crippen LogP contribution >= 0.6 is 0 Å². The van der Waals surface area contributed by atoms with E-state index in [4.69, 9.17) is 0 Å². The Morgan fingerprint density at radius 2 is 0.722 bits per heavy atom. The van der Waals surface area contributed by atoms with E-state index in [1.807, 2.05) is 0 Å². The number of benzene rings is 9. The lowest BCUT2D eigenvalue weighted by atomic mass is 9.93. The lowest BCUT2D eigenvalue weighted by Crippen LogP contribution is -1.95. The van der Waals surface area contributed by atoms with E-state index in [-0.39, 0.29) is 0 Å². The fourth-order valence-corrected chi connectivity index (χ4v) is 8.56. The molecule has 0 aliphatic heterocycles. The first kappa shape index (κ1) is 30.5. The monoisotopic (exact) mass is 686 g/mol. The summed E-state index contributed by atoms with van der Waals surface area (Å²) in [6.07, 6.45) is 0. The highest BCUT2D eigenvalue weighted by molar-refractivity contribution is 6.22. The van der Waals surface area contributed by atoms with Crippen LogP contribution in [0.5, 0.6) is 0 Å². The number of hydrogen-bond donors (Lipinski definition) is 0. The zero-order valence-corrected chi connectivity index (χ0v) is 29.5. The summed E-state index contributed by atoms with van der Waals surface area (Å²) in [6.45, 7) is 0. The number of para-hydroxylation sites is 3. The molecule has 0 N–H and O–H groups in total. The van der Waals surface area contributed by atoms with Crippen molar-refractivity contribution in [1.82, 2.24) is 9.13 Å². The third-order valence-electron chi connectivity index (χ3n) is 11.1. The van der Waals surface area contributed by atoms with E-state index in [0.29, 0.717) is 0 Å². The minimum Gasteiger partial charge on any atom is -0.309 e. The molecule has 2 heteroatoms. The third-order valence-corrected chi connectivity index (χ3v) is 11.1. The quantitative estimate of drug-likeness (QED) is 0.171. The van der Waals surface area contributed by atoms with Crippen LogP contribution in [0.4, 0.5) is 0 Å². The highest BCUT2D eigenvalue weighted by Crippen LogP contribution is 2.41. The van der Waals surface area contributed by atoms with Gasteiger partial charge < -0.3 is 9.13 Å². The topological polar surface area (TPSA) is 9.86 Å². The molecule has 0 unspecified atom stereocenters. The van der Waals surface area contributed by atoms with Crippen LogP contribution in [0.3, 0.4) is 0 Å². The van der Waals surface area contributed by atoms with E-state index in [9.17, 15) is 0 Å². The Balaban J connectivity index is 1.10. The molecule has 0 atom stereocenters. The minimum atomic E-state index is 1.14. The summed E-state index contributed by atoms with van der Waals surface area (Å²) < 4.78 is 4.87. The van der Waals surface area contributed by atoms with Crippen LogP contribution in [-0.4, -0.2) is 9.13 Å². The van der Waals surface area contributed by atoms with E-state index >= 15 is 0 Å². The molecule has 0 saturated carbocycles. The van der Waals surface area contributed by atoms with Gasteiger partial charge in [0, 0.05) is 38.3 Å². The molecule has 0 radical (unpaired) electrons. The van der Waals surface area contributed by atoms with E-state index in [1.54, 1.807) is 0 Å². The van der Waals surface area contributed by atoms with Crippen molar-refractivity contribution in [1.29, 1.82) is 0 Å². The van der Waals surface area contributed by atoms with Gasteiger partial charge in [0.15, 0.2) is 0 Å². The van der Waals surface area contributed by atoms with Gasteiger partial charge in [-0.15, -0.1) is 0 Å². The van der Waals surface area contributed by atoms with E-state index in [1.165, 1.54) is 93.5 Å². The highest BCUT2D eigenvalue weighted by atomic mass is 15.0. The number of aromatic nitrogens is 2. The van der Waals surface area contributed by atoms with Crippen molar-refractivity contribution < 1.29 is 0 Å². The fourth-order valence-electron chi connectivity index (χ4n) is 8.56. The van der Waals surface area contributed by atoms with Gasteiger partial charge in [-0.05, 0) is 105 Å². The van der Waals surface area contributed by atoms with Crippen LogP contribution in [0.15, 0.2) is 206 Å². The fraction of sp³-hybridized carbons (Fsp3) is 0. The lowest BCUT2D eigenvalue weighted by Gasteiger charge is -2.13. The first-order valence-corrected chi connectivity index (χ1v) is 18.6. The van der Waals surface area contributed by atoms with Gasteiger partial charge in [0.05, 0.1) is 22.1 Å². The van der Waals surface area contributed by atoms with Crippen LogP contribution in [0.1, 0.15) is 0 Å². The molecule has 0 aliphatic rings. The summed E-state index contributed by atoms with van der Waals surface area (Å²) in [5.41, 5.74) is 14.4. The van der Waals surface area contributed by atoms with Gasteiger partial charge in [-0.2, -0.15) is 0 Å². The van der Waals surface area contributed by atoms with Gasteiger partial charge >= 0.3 is 0 Å². The Bertz CT molecular complexity index is 3110. The summed E-state index contributed by atoms with van der Waals surface area (Å²) in [4.78, 5) is 0. The van der Waals surface area contributed by atoms with Gasteiger partial charge in [-0.3, -0.25) is 0 Å². The highest BCUT2D eigenvalue weighted by Gasteiger charge is 2.18. The minimum absolute atomic E-state index is 1.14. The molecular formula is C52H34N2. The maximum absolute atomic E-state index is 2.44. The summed E-state index contributed by atoms with van der Waals surface area (Å²) >= 11 is 0. The predicted molar refractivity (Wildman–Crippen MR) is 229 cm³/mol. The third kappa shape index (κ3) is 4.81. The smallest absolute Gasteiger partial charge is 0.0619 e. The molecule has 0 saturated heterocycles. The SMILES string of the molecule is c1ccc(-c2cc(-c3ccccc3)cc(-c3ccc(-n4c5ccccc5c5cc6c(ccc7c8ccccc8n(-c8ccccc8)c67)cc54)cc3)c2)cc1. The van der Waals surface area contributed by atoms with Gasteiger partial charge in [-0.1, -0.05) is 140 Å². The normalized spacial score (nSPS) is 11.7. The van der Waals surface area contributed by atoms with E-state index in [2.05, 4.69) is 215 Å². The van der Waals surface area contributed by atoms with Crippen LogP contribution in [0.25, 0.3) is 99.1 Å². The molecule has 11 aromatic rings. The summed E-state index contributed by atoms with van der Waals surface area (Å²) in [5.74, 6) is 0. The summed E-state index contributed by atoms with van der Waals surface area (Å²) in [5, 5.41) is 7.52. The second-order valence-corrected chi connectivity index (χ2v) is 14.2. The van der Waals surface area contributed by atoms with E-state index in [0.717, 1.165) is 5.69 Å². The Hall–Kier alpha value is -7.16. The van der Waals surface area contributed by atoms with Crippen molar-refractivity contribution >= 4 is 54.4 Å². The Kier molecular flexibility index (Phi) is 6.90. The lowest BCUT2D eigenvalue weighted by molar-refractivity contribution is 1.18.